The maximum atomic E-state index is 10.2. The van der Waals surface area contributed by atoms with Crippen molar-refractivity contribution in [3.63, 3.8) is 0 Å². The van der Waals surface area contributed by atoms with Gasteiger partial charge in [0, 0.05) is 33.6 Å². The van der Waals surface area contributed by atoms with E-state index in [4.69, 9.17) is 8.42 Å². The number of nitrogens with one attached hydrogen (secondary N) is 1. The first-order valence-electron chi connectivity index (χ1n) is 2.67. The highest BCUT2D eigenvalue weighted by Crippen LogP contribution is 1.98. The monoisotopic (exact) mass is 229 g/mol. The molecule has 0 aromatic carbocycles. The van der Waals surface area contributed by atoms with Crippen molar-refractivity contribution in [3.05, 3.63) is 34.7 Å². The zero-order chi connectivity index (χ0) is 9.61. The molecule has 7 heteroatoms. The fourth-order valence-corrected chi connectivity index (χ4v) is 0.377. The van der Waals surface area contributed by atoms with Crippen LogP contribution in [0.5, 0.6) is 0 Å². The quantitative estimate of drug-likeness (QED) is 0.678. The van der Waals surface area contributed by atoms with E-state index in [-0.39, 0.29) is 5.56 Å². The third-order valence-corrected chi connectivity index (χ3v) is 0.681. The van der Waals surface area contributed by atoms with Crippen molar-refractivity contribution in [2.75, 3.05) is 0 Å². The second-order valence-corrected chi connectivity index (χ2v) is 5.27. The second kappa shape index (κ2) is 5.18. The molecule has 0 aliphatic carbocycles. The largest absolute Gasteiger partial charge is 0.329 e. The van der Waals surface area contributed by atoms with Gasteiger partial charge in [-0.1, -0.05) is 6.07 Å². The van der Waals surface area contributed by atoms with Crippen LogP contribution in [0.1, 0.15) is 0 Å². The minimum Gasteiger partial charge on any atom is -0.329 e. The van der Waals surface area contributed by atoms with E-state index in [1.807, 2.05) is 0 Å². The summed E-state index contributed by atoms with van der Waals surface area (Å²) in [5.74, 6) is 0. The highest BCUT2D eigenvalue weighted by atomic mass is 36.0. The van der Waals surface area contributed by atoms with Crippen LogP contribution in [0.2, 0.25) is 0 Å². The Morgan fingerprint density at radius 2 is 1.75 bits per heavy atom. The molecule has 0 unspecified atom stereocenters. The molecule has 1 heterocycles. The summed E-state index contributed by atoms with van der Waals surface area (Å²) in [6, 6.07) is 4.93. The Kier molecular flexibility index (Phi) is 4.96. The molecule has 1 rings (SSSR count). The van der Waals surface area contributed by atoms with E-state index in [1.54, 1.807) is 18.3 Å². The third kappa shape index (κ3) is 12.2. The zero-order valence-corrected chi connectivity index (χ0v) is 8.03. The molecule has 0 amide bonds. The Morgan fingerprint density at radius 3 is 1.92 bits per heavy atom. The van der Waals surface area contributed by atoms with E-state index < -0.39 is 8.26 Å². The van der Waals surface area contributed by atoms with Crippen molar-refractivity contribution in [2.24, 2.45) is 0 Å². The van der Waals surface area contributed by atoms with Gasteiger partial charge in [-0.15, -0.1) is 0 Å². The van der Waals surface area contributed by atoms with Gasteiger partial charge in [0.15, 0.2) is 0 Å². The molecule has 0 aliphatic heterocycles. The molecule has 0 aliphatic rings. The summed E-state index contributed by atoms with van der Waals surface area (Å²) in [5, 5.41) is 0. The van der Waals surface area contributed by atoms with Gasteiger partial charge in [-0.25, -0.2) is 0 Å². The number of rotatable bonds is 0. The van der Waals surface area contributed by atoms with Gasteiger partial charge in [0.25, 0.3) is 0 Å². The van der Waals surface area contributed by atoms with Gasteiger partial charge in [-0.05, 0) is 6.07 Å². The molecular formula is C5H5Cl2NO3S. The predicted octanol–water partition coefficient (Wildman–Crippen LogP) is 1.08. The highest BCUT2D eigenvalue weighted by Gasteiger charge is 1.88. The molecule has 0 saturated carbocycles. The molecule has 1 N–H and O–H groups in total. The molecule has 0 fully saturated rings. The van der Waals surface area contributed by atoms with Crippen molar-refractivity contribution in [3.8, 4) is 0 Å². The lowest BCUT2D eigenvalue weighted by Crippen LogP contribution is -1.98. The summed E-state index contributed by atoms with van der Waals surface area (Å²) >= 11 is 0. The molecule has 1 aromatic heterocycles. The Morgan fingerprint density at radius 1 is 1.25 bits per heavy atom. The van der Waals surface area contributed by atoms with Crippen molar-refractivity contribution in [2.45, 2.75) is 0 Å². The maximum absolute atomic E-state index is 10.2. The van der Waals surface area contributed by atoms with E-state index >= 15 is 0 Å². The van der Waals surface area contributed by atoms with Crippen LogP contribution in [-0.2, 0) is 8.26 Å². The first kappa shape index (κ1) is 11.5. The maximum Gasteiger partial charge on any atom is 0.317 e. The second-order valence-electron chi connectivity index (χ2n) is 1.61. The number of halogens is 2. The van der Waals surface area contributed by atoms with Crippen LogP contribution in [0, 0.1) is 0 Å². The number of H-pyrrole nitrogens is 1. The van der Waals surface area contributed by atoms with Gasteiger partial charge in [-0.3, -0.25) is 4.79 Å². The lowest BCUT2D eigenvalue weighted by atomic mass is 10.5. The molecule has 4 nitrogen and oxygen atoms in total. The summed E-state index contributed by atoms with van der Waals surface area (Å²) in [6.07, 6.45) is 1.60. The molecule has 12 heavy (non-hydrogen) atoms. The lowest BCUT2D eigenvalue weighted by Gasteiger charge is -1.73. The summed E-state index contributed by atoms with van der Waals surface area (Å²) < 4.78 is 18.3. The van der Waals surface area contributed by atoms with Crippen molar-refractivity contribution < 1.29 is 8.42 Å². The zero-order valence-electron chi connectivity index (χ0n) is 5.70. The van der Waals surface area contributed by atoms with Crippen LogP contribution in [0.15, 0.2) is 29.2 Å². The van der Waals surface area contributed by atoms with Crippen molar-refractivity contribution in [1.29, 1.82) is 0 Å². The van der Waals surface area contributed by atoms with Gasteiger partial charge in [0.1, 0.15) is 0 Å². The number of hydrogen-bond acceptors (Lipinski definition) is 3. The Hall–Kier alpha value is -0.520. The first-order valence-corrected chi connectivity index (χ1v) is 5.81. The summed E-state index contributed by atoms with van der Waals surface area (Å²) in [5.41, 5.74) is -0.0532. The van der Waals surface area contributed by atoms with Gasteiger partial charge >= 0.3 is 8.26 Å². The fraction of sp³-hybridized carbons (Fsp3) is 0. The molecular weight excluding hydrogens is 225 g/mol. The Balaban J connectivity index is 0.000000217. The third-order valence-electron chi connectivity index (χ3n) is 0.681. The average molecular weight is 230 g/mol. The lowest BCUT2D eigenvalue weighted by molar-refractivity contribution is 0.621. The normalized spacial score (nSPS) is 9.83. The van der Waals surface area contributed by atoms with Gasteiger partial charge < -0.3 is 4.98 Å². The molecule has 0 bridgehead atoms. The fourth-order valence-electron chi connectivity index (χ4n) is 0.377. The van der Waals surface area contributed by atoms with E-state index in [1.165, 1.54) is 6.07 Å². The van der Waals surface area contributed by atoms with E-state index in [0.717, 1.165) is 0 Å². The molecule has 0 atom stereocenters. The summed E-state index contributed by atoms with van der Waals surface area (Å²) in [6.45, 7) is 0. The van der Waals surface area contributed by atoms with Gasteiger partial charge in [0.05, 0.1) is 0 Å². The highest BCUT2D eigenvalue weighted by molar-refractivity contribution is 8.31. The number of pyridine rings is 1. The molecule has 0 radical (unpaired) electrons. The average Bonchev–Trinajstić information content (AvgIpc) is 1.85. The molecule has 0 spiro atoms. The Bertz CT molecular complexity index is 347. The number of aromatic nitrogens is 1. The summed E-state index contributed by atoms with van der Waals surface area (Å²) in [4.78, 5) is 12.7. The van der Waals surface area contributed by atoms with Gasteiger partial charge in [0.2, 0.25) is 5.56 Å². The van der Waals surface area contributed by atoms with Crippen LogP contribution in [0.4, 0.5) is 0 Å². The van der Waals surface area contributed by atoms with Gasteiger partial charge in [-0.2, -0.15) is 8.42 Å². The topological polar surface area (TPSA) is 67.0 Å². The molecule has 0 saturated heterocycles. The van der Waals surface area contributed by atoms with E-state index in [2.05, 4.69) is 26.3 Å². The first-order chi connectivity index (χ1) is 5.39. The number of hydrogen-bond donors (Lipinski definition) is 1. The van der Waals surface area contributed by atoms with Crippen LogP contribution < -0.4 is 5.56 Å². The minimum atomic E-state index is -3.72. The van der Waals surface area contributed by atoms with Crippen LogP contribution in [0.3, 0.4) is 0 Å². The van der Waals surface area contributed by atoms with Crippen molar-refractivity contribution >= 4 is 29.6 Å². The molecule has 68 valence electrons. The van der Waals surface area contributed by atoms with Crippen LogP contribution in [0.25, 0.3) is 0 Å². The standard InChI is InChI=1S/C5H5NO.Cl2O2S/c7-5-3-1-2-4-6-5;1-5(2,3)4/h1-4H,(H,6,7);. The SMILES string of the molecule is O=S(=O)(Cl)Cl.O=c1cccc[nH]1. The predicted molar refractivity (Wildman–Crippen MR) is 47.7 cm³/mol. The van der Waals surface area contributed by atoms with E-state index in [9.17, 15) is 4.79 Å². The smallest absolute Gasteiger partial charge is 0.317 e. The van der Waals surface area contributed by atoms with Crippen LogP contribution >= 0.6 is 21.4 Å². The van der Waals surface area contributed by atoms with E-state index in [0.29, 0.717) is 0 Å². The van der Waals surface area contributed by atoms with Crippen molar-refractivity contribution in [1.82, 2.24) is 4.98 Å². The number of aromatic amines is 1. The summed E-state index contributed by atoms with van der Waals surface area (Å²) in [7, 11) is 4.81. The minimum absolute atomic E-state index is 0.0532. The van der Waals surface area contributed by atoms with Crippen LogP contribution in [-0.4, -0.2) is 13.4 Å². The Labute approximate surface area is 78.1 Å². The molecule has 1 aromatic rings.